The highest BCUT2D eigenvalue weighted by Gasteiger charge is 2.21. The summed E-state index contributed by atoms with van der Waals surface area (Å²) in [4.78, 5) is 0. The molecule has 0 amide bonds. The highest BCUT2D eigenvalue weighted by Crippen LogP contribution is 2.30. The zero-order valence-electron chi connectivity index (χ0n) is 13.9. The molecular weight excluding hydrogens is 254 g/mol. The molecule has 1 heteroatoms. The lowest BCUT2D eigenvalue weighted by molar-refractivity contribution is 0.568. The van der Waals surface area contributed by atoms with Gasteiger partial charge >= 0.3 is 0 Å². The summed E-state index contributed by atoms with van der Waals surface area (Å²) in [6.07, 6.45) is 0.889. The van der Waals surface area contributed by atoms with Crippen molar-refractivity contribution < 1.29 is 0 Å². The van der Waals surface area contributed by atoms with Gasteiger partial charge in [-0.3, -0.25) is 0 Å². The van der Waals surface area contributed by atoms with E-state index >= 15 is 0 Å². The molecule has 2 aromatic carbocycles. The monoisotopic (exact) mass is 281 g/mol. The third kappa shape index (κ3) is 3.74. The maximum atomic E-state index is 6.54. The van der Waals surface area contributed by atoms with Gasteiger partial charge in [-0.1, -0.05) is 68.8 Å². The van der Waals surface area contributed by atoms with Gasteiger partial charge in [0.05, 0.1) is 0 Å². The molecule has 0 aliphatic carbocycles. The minimum atomic E-state index is 0.0425. The SMILES string of the molecule is Cc1ccc(C)c(CC(N)c2ccccc2C(C)(C)C)c1. The predicted octanol–water partition coefficient (Wildman–Crippen LogP) is 4.84. The second kappa shape index (κ2) is 6.03. The first-order valence-corrected chi connectivity index (χ1v) is 7.70. The molecule has 0 fully saturated rings. The van der Waals surface area contributed by atoms with E-state index in [-0.39, 0.29) is 11.5 Å². The van der Waals surface area contributed by atoms with Gasteiger partial charge in [-0.25, -0.2) is 0 Å². The Kier molecular flexibility index (Phi) is 4.53. The van der Waals surface area contributed by atoms with E-state index in [0.29, 0.717) is 0 Å². The van der Waals surface area contributed by atoms with Gasteiger partial charge in [0.25, 0.3) is 0 Å². The van der Waals surface area contributed by atoms with E-state index in [4.69, 9.17) is 5.73 Å². The first-order chi connectivity index (χ1) is 9.79. The summed E-state index contributed by atoms with van der Waals surface area (Å²) >= 11 is 0. The molecule has 1 nitrogen and oxygen atoms in total. The van der Waals surface area contributed by atoms with Crippen LogP contribution < -0.4 is 5.73 Å². The van der Waals surface area contributed by atoms with Gasteiger partial charge in [0.1, 0.15) is 0 Å². The van der Waals surface area contributed by atoms with Crippen molar-refractivity contribution in [2.75, 3.05) is 0 Å². The van der Waals surface area contributed by atoms with E-state index in [1.165, 1.54) is 27.8 Å². The van der Waals surface area contributed by atoms with E-state index in [2.05, 4.69) is 77.1 Å². The van der Waals surface area contributed by atoms with Crippen LogP contribution >= 0.6 is 0 Å². The van der Waals surface area contributed by atoms with Crippen molar-refractivity contribution in [1.29, 1.82) is 0 Å². The Morgan fingerprint density at radius 3 is 2.33 bits per heavy atom. The van der Waals surface area contributed by atoms with E-state index in [9.17, 15) is 0 Å². The van der Waals surface area contributed by atoms with Crippen molar-refractivity contribution in [2.45, 2.75) is 52.5 Å². The highest BCUT2D eigenvalue weighted by molar-refractivity contribution is 5.38. The van der Waals surface area contributed by atoms with Gasteiger partial charge in [-0.05, 0) is 47.9 Å². The summed E-state index contributed by atoms with van der Waals surface area (Å²) < 4.78 is 0. The third-order valence-electron chi connectivity index (χ3n) is 4.11. The first kappa shape index (κ1) is 15.8. The van der Waals surface area contributed by atoms with Crippen molar-refractivity contribution >= 4 is 0 Å². The molecule has 1 atom stereocenters. The molecule has 1 unspecified atom stereocenters. The third-order valence-corrected chi connectivity index (χ3v) is 4.11. The van der Waals surface area contributed by atoms with E-state index in [1.54, 1.807) is 0 Å². The Morgan fingerprint density at radius 2 is 1.67 bits per heavy atom. The summed E-state index contributed by atoms with van der Waals surface area (Å²) in [5.41, 5.74) is 13.3. The van der Waals surface area contributed by atoms with Crippen molar-refractivity contribution in [2.24, 2.45) is 5.73 Å². The molecule has 2 rings (SSSR count). The Hall–Kier alpha value is -1.60. The molecule has 0 bridgehead atoms. The zero-order chi connectivity index (χ0) is 15.6. The first-order valence-electron chi connectivity index (χ1n) is 7.70. The molecule has 0 radical (unpaired) electrons. The molecule has 0 saturated heterocycles. The number of hydrogen-bond donors (Lipinski definition) is 1. The average Bonchev–Trinajstić information content (AvgIpc) is 2.42. The van der Waals surface area contributed by atoms with Gasteiger partial charge < -0.3 is 5.73 Å². The number of nitrogens with two attached hydrogens (primary N) is 1. The Labute approximate surface area is 129 Å². The van der Waals surface area contributed by atoms with Crippen molar-refractivity contribution in [3.63, 3.8) is 0 Å². The quantitative estimate of drug-likeness (QED) is 0.855. The second-order valence-electron chi connectivity index (χ2n) is 7.08. The van der Waals surface area contributed by atoms with Crippen molar-refractivity contribution in [1.82, 2.24) is 0 Å². The number of aryl methyl sites for hydroxylation is 2. The summed E-state index contributed by atoms with van der Waals surface area (Å²) in [5.74, 6) is 0. The average molecular weight is 281 g/mol. The van der Waals surface area contributed by atoms with Crippen LogP contribution in [-0.4, -0.2) is 0 Å². The molecular formula is C20H27N. The van der Waals surface area contributed by atoms with Crippen LogP contribution in [0.25, 0.3) is 0 Å². The minimum Gasteiger partial charge on any atom is -0.324 e. The largest absolute Gasteiger partial charge is 0.324 e. The van der Waals surface area contributed by atoms with Gasteiger partial charge in [0, 0.05) is 6.04 Å². The van der Waals surface area contributed by atoms with Crippen LogP contribution in [0.3, 0.4) is 0 Å². The molecule has 0 spiro atoms. The molecule has 21 heavy (non-hydrogen) atoms. The Bertz CT molecular complexity index is 620. The number of hydrogen-bond acceptors (Lipinski definition) is 1. The summed E-state index contributed by atoms with van der Waals surface area (Å²) in [5, 5.41) is 0. The fourth-order valence-electron chi connectivity index (χ4n) is 2.87. The highest BCUT2D eigenvalue weighted by atomic mass is 14.6. The molecule has 0 aliphatic heterocycles. The minimum absolute atomic E-state index is 0.0425. The van der Waals surface area contributed by atoms with Crippen LogP contribution in [0.4, 0.5) is 0 Å². The van der Waals surface area contributed by atoms with Gasteiger partial charge in [0.2, 0.25) is 0 Å². The standard InChI is InChI=1S/C20H27N/c1-14-10-11-15(2)16(12-14)13-19(21)17-8-6-7-9-18(17)20(3,4)5/h6-12,19H,13,21H2,1-5H3. The maximum absolute atomic E-state index is 6.54. The Balaban J connectivity index is 2.33. The van der Waals surface area contributed by atoms with E-state index < -0.39 is 0 Å². The van der Waals surface area contributed by atoms with Gasteiger partial charge in [-0.2, -0.15) is 0 Å². The normalized spacial score (nSPS) is 13.2. The molecule has 0 aromatic heterocycles. The molecule has 0 saturated carbocycles. The van der Waals surface area contributed by atoms with Crippen LogP contribution in [0.2, 0.25) is 0 Å². The molecule has 2 aromatic rings. The molecule has 112 valence electrons. The van der Waals surface area contributed by atoms with Crippen LogP contribution in [0.15, 0.2) is 42.5 Å². The summed E-state index contributed by atoms with van der Waals surface area (Å²) in [6.45, 7) is 11.0. The molecule has 0 heterocycles. The van der Waals surface area contributed by atoms with Crippen molar-refractivity contribution in [3.05, 3.63) is 70.3 Å². The second-order valence-corrected chi connectivity index (χ2v) is 7.08. The maximum Gasteiger partial charge on any atom is 0.0338 e. The topological polar surface area (TPSA) is 26.0 Å². The van der Waals surface area contributed by atoms with Crippen molar-refractivity contribution in [3.8, 4) is 0 Å². The molecule has 2 N–H and O–H groups in total. The zero-order valence-corrected chi connectivity index (χ0v) is 13.9. The fraction of sp³-hybridized carbons (Fsp3) is 0.400. The van der Waals surface area contributed by atoms with Crippen LogP contribution in [0.5, 0.6) is 0 Å². The number of rotatable bonds is 3. The van der Waals surface area contributed by atoms with E-state index in [0.717, 1.165) is 6.42 Å². The Morgan fingerprint density at radius 1 is 1.00 bits per heavy atom. The summed E-state index contributed by atoms with van der Waals surface area (Å²) in [6, 6.07) is 15.2. The lowest BCUT2D eigenvalue weighted by Crippen LogP contribution is -2.21. The van der Waals surface area contributed by atoms with Crippen LogP contribution in [0.1, 0.15) is 54.6 Å². The van der Waals surface area contributed by atoms with Gasteiger partial charge in [0.15, 0.2) is 0 Å². The predicted molar refractivity (Wildman–Crippen MR) is 91.7 cm³/mol. The lowest BCUT2D eigenvalue weighted by atomic mass is 9.81. The van der Waals surface area contributed by atoms with Gasteiger partial charge in [-0.15, -0.1) is 0 Å². The van der Waals surface area contributed by atoms with Crippen LogP contribution in [-0.2, 0) is 11.8 Å². The van der Waals surface area contributed by atoms with E-state index in [1.807, 2.05) is 0 Å². The number of benzene rings is 2. The molecule has 0 aliphatic rings. The van der Waals surface area contributed by atoms with Crippen LogP contribution in [0, 0.1) is 13.8 Å². The smallest absolute Gasteiger partial charge is 0.0338 e. The lowest BCUT2D eigenvalue weighted by Gasteiger charge is -2.26. The fourth-order valence-corrected chi connectivity index (χ4v) is 2.87. The summed E-state index contributed by atoms with van der Waals surface area (Å²) in [7, 11) is 0.